The number of nitrogens with two attached hydrogens (primary N) is 1. The van der Waals surface area contributed by atoms with Gasteiger partial charge in [-0.1, -0.05) is 19.0 Å². The summed E-state index contributed by atoms with van der Waals surface area (Å²) in [6.45, 7) is 4.02. The summed E-state index contributed by atoms with van der Waals surface area (Å²) in [4.78, 5) is 8.20. The molecule has 0 radical (unpaired) electrons. The Labute approximate surface area is 101 Å². The van der Waals surface area contributed by atoms with Crippen molar-refractivity contribution in [3.63, 3.8) is 0 Å². The molecule has 0 atom stereocenters. The minimum absolute atomic E-state index is 0.141. The van der Waals surface area contributed by atoms with E-state index in [1.54, 1.807) is 0 Å². The first-order valence-corrected chi connectivity index (χ1v) is 5.62. The second-order valence-corrected chi connectivity index (χ2v) is 4.32. The van der Waals surface area contributed by atoms with Crippen LogP contribution in [0.3, 0.4) is 0 Å². The largest absolute Gasteiger partial charge is 0.409 e. The Morgan fingerprint density at radius 1 is 1.59 bits per heavy atom. The predicted molar refractivity (Wildman–Crippen MR) is 61.4 cm³/mol. The van der Waals surface area contributed by atoms with Gasteiger partial charge in [0.2, 0.25) is 16.8 Å². The molecule has 2 aromatic rings. The van der Waals surface area contributed by atoms with E-state index in [1.807, 2.05) is 13.8 Å². The number of amidine groups is 1. The zero-order chi connectivity index (χ0) is 12.4. The molecule has 0 amide bonds. The highest BCUT2D eigenvalue weighted by Crippen LogP contribution is 2.15. The molecule has 0 aliphatic rings. The molecule has 0 bridgehead atoms. The topological polar surface area (TPSA) is 115 Å². The van der Waals surface area contributed by atoms with Gasteiger partial charge in [0.1, 0.15) is 12.2 Å². The van der Waals surface area contributed by atoms with Gasteiger partial charge >= 0.3 is 0 Å². The highest BCUT2D eigenvalue weighted by molar-refractivity contribution is 7.08. The molecule has 0 fully saturated rings. The molecule has 2 heterocycles. The molecule has 0 aliphatic carbocycles. The summed E-state index contributed by atoms with van der Waals surface area (Å²) in [5.41, 5.74) is 5.37. The summed E-state index contributed by atoms with van der Waals surface area (Å²) in [6.07, 6.45) is 1.44. The van der Waals surface area contributed by atoms with Gasteiger partial charge in [-0.25, -0.2) is 9.97 Å². The lowest BCUT2D eigenvalue weighted by atomic mass is 10.2. The van der Waals surface area contributed by atoms with Crippen LogP contribution < -0.4 is 5.73 Å². The molecule has 0 unspecified atom stereocenters. The Kier molecular flexibility index (Phi) is 3.00. The lowest BCUT2D eigenvalue weighted by molar-refractivity contribution is 0.318. The number of oxime groups is 1. The van der Waals surface area contributed by atoms with Crippen LogP contribution in [-0.2, 0) is 0 Å². The first-order valence-electron chi connectivity index (χ1n) is 4.85. The van der Waals surface area contributed by atoms with Crippen LogP contribution in [0.5, 0.6) is 0 Å². The van der Waals surface area contributed by atoms with E-state index in [0.717, 1.165) is 5.82 Å². The van der Waals surface area contributed by atoms with E-state index in [-0.39, 0.29) is 17.6 Å². The van der Waals surface area contributed by atoms with Crippen molar-refractivity contribution in [2.45, 2.75) is 19.8 Å². The van der Waals surface area contributed by atoms with Crippen molar-refractivity contribution in [2.24, 2.45) is 10.9 Å². The Bertz CT molecular complexity index is 544. The molecular formula is C8H11N7OS. The van der Waals surface area contributed by atoms with E-state index in [1.165, 1.54) is 22.5 Å². The predicted octanol–water partition coefficient (Wildman–Crippen LogP) is 0.337. The van der Waals surface area contributed by atoms with E-state index in [2.05, 4.69) is 24.6 Å². The zero-order valence-corrected chi connectivity index (χ0v) is 10.1. The van der Waals surface area contributed by atoms with E-state index < -0.39 is 0 Å². The van der Waals surface area contributed by atoms with Crippen LogP contribution in [-0.4, -0.2) is 35.2 Å². The van der Waals surface area contributed by atoms with Gasteiger partial charge in [0, 0.05) is 17.5 Å². The van der Waals surface area contributed by atoms with Crippen molar-refractivity contribution < 1.29 is 5.21 Å². The Balaban J connectivity index is 2.30. The van der Waals surface area contributed by atoms with E-state index in [9.17, 15) is 0 Å². The van der Waals surface area contributed by atoms with Crippen LogP contribution in [0.1, 0.15) is 31.4 Å². The highest BCUT2D eigenvalue weighted by atomic mass is 32.1. The van der Waals surface area contributed by atoms with Gasteiger partial charge in [-0.15, -0.1) is 5.10 Å². The Morgan fingerprint density at radius 3 is 2.94 bits per heavy atom. The van der Waals surface area contributed by atoms with E-state index >= 15 is 0 Å². The zero-order valence-electron chi connectivity index (χ0n) is 9.27. The summed E-state index contributed by atoms with van der Waals surface area (Å²) in [5, 5.41) is 15.9. The van der Waals surface area contributed by atoms with E-state index in [0.29, 0.717) is 5.13 Å². The normalized spacial score (nSPS) is 12.3. The monoisotopic (exact) mass is 253 g/mol. The number of hydrogen-bond donors (Lipinski definition) is 2. The van der Waals surface area contributed by atoms with Gasteiger partial charge < -0.3 is 10.9 Å². The lowest BCUT2D eigenvalue weighted by Gasteiger charge is -1.94. The van der Waals surface area contributed by atoms with Crippen molar-refractivity contribution in [2.75, 3.05) is 0 Å². The van der Waals surface area contributed by atoms with Crippen LogP contribution in [0.15, 0.2) is 11.5 Å². The molecule has 0 spiro atoms. The highest BCUT2D eigenvalue weighted by Gasteiger charge is 2.12. The molecule has 0 saturated carbocycles. The molecule has 17 heavy (non-hydrogen) atoms. The third-order valence-electron chi connectivity index (χ3n) is 1.97. The summed E-state index contributed by atoms with van der Waals surface area (Å²) in [5.74, 6) is 1.02. The summed E-state index contributed by atoms with van der Waals surface area (Å²) < 4.78 is 5.64. The van der Waals surface area contributed by atoms with Crippen molar-refractivity contribution in [1.82, 2.24) is 24.1 Å². The molecule has 2 rings (SSSR count). The van der Waals surface area contributed by atoms with Gasteiger partial charge in [-0.3, -0.25) is 0 Å². The van der Waals surface area contributed by atoms with Gasteiger partial charge in [-0.05, 0) is 0 Å². The van der Waals surface area contributed by atoms with Crippen LogP contribution in [0.25, 0.3) is 5.13 Å². The average molecular weight is 253 g/mol. The molecule has 9 heteroatoms. The fourth-order valence-corrected chi connectivity index (χ4v) is 1.80. The number of rotatable bonds is 3. The molecule has 0 aliphatic heterocycles. The molecule has 0 saturated heterocycles. The second-order valence-electron chi connectivity index (χ2n) is 3.59. The van der Waals surface area contributed by atoms with E-state index in [4.69, 9.17) is 10.9 Å². The number of nitrogens with zero attached hydrogens (tertiary/aromatic N) is 6. The SMILES string of the molecule is CC(C)c1nsc(-n2cnc(C(N)=NO)n2)n1. The standard InChI is InChI=1S/C8H11N7OS/c1-4(2)6-11-8(17-14-6)15-3-10-7(12-15)5(9)13-16/h3-4,16H,1-2H3,(H2,9,13). The molecule has 0 aromatic carbocycles. The van der Waals surface area contributed by atoms with Gasteiger partial charge in [0.15, 0.2) is 0 Å². The van der Waals surface area contributed by atoms with Crippen molar-refractivity contribution in [1.29, 1.82) is 0 Å². The van der Waals surface area contributed by atoms with Gasteiger partial charge in [0.25, 0.3) is 0 Å². The lowest BCUT2D eigenvalue weighted by Crippen LogP contribution is -2.15. The molecule has 90 valence electrons. The van der Waals surface area contributed by atoms with Gasteiger partial charge in [-0.2, -0.15) is 9.06 Å². The van der Waals surface area contributed by atoms with Crippen LogP contribution >= 0.6 is 11.5 Å². The molecule has 2 aromatic heterocycles. The molecule has 3 N–H and O–H groups in total. The van der Waals surface area contributed by atoms with Crippen molar-refractivity contribution >= 4 is 17.4 Å². The van der Waals surface area contributed by atoms with Crippen LogP contribution in [0, 0.1) is 0 Å². The Hall–Kier alpha value is -2.03. The number of hydrogen-bond acceptors (Lipinski definition) is 7. The molecular weight excluding hydrogens is 242 g/mol. The van der Waals surface area contributed by atoms with Gasteiger partial charge in [0.05, 0.1) is 0 Å². The van der Waals surface area contributed by atoms with Crippen LogP contribution in [0.4, 0.5) is 0 Å². The van der Waals surface area contributed by atoms with Crippen molar-refractivity contribution in [3.8, 4) is 5.13 Å². The minimum Gasteiger partial charge on any atom is -0.409 e. The fourth-order valence-electron chi connectivity index (χ4n) is 1.07. The Morgan fingerprint density at radius 2 is 2.35 bits per heavy atom. The first-order chi connectivity index (χ1) is 8.11. The maximum Gasteiger partial charge on any atom is 0.231 e. The molecule has 8 nitrogen and oxygen atoms in total. The van der Waals surface area contributed by atoms with Crippen LogP contribution in [0.2, 0.25) is 0 Å². The summed E-state index contributed by atoms with van der Waals surface area (Å²) in [7, 11) is 0. The summed E-state index contributed by atoms with van der Waals surface area (Å²) in [6, 6.07) is 0. The maximum absolute atomic E-state index is 8.49. The quantitative estimate of drug-likeness (QED) is 0.352. The first kappa shape index (κ1) is 11.5. The second kappa shape index (κ2) is 4.45. The smallest absolute Gasteiger partial charge is 0.231 e. The fraction of sp³-hybridized carbons (Fsp3) is 0.375. The third-order valence-corrected chi connectivity index (χ3v) is 2.69. The summed E-state index contributed by atoms with van der Waals surface area (Å²) >= 11 is 1.22. The average Bonchev–Trinajstić information content (AvgIpc) is 2.95. The maximum atomic E-state index is 8.49. The van der Waals surface area contributed by atoms with Crippen molar-refractivity contribution in [3.05, 3.63) is 18.0 Å². The number of aromatic nitrogens is 5. The third kappa shape index (κ3) is 2.23. The minimum atomic E-state index is -0.141.